The van der Waals surface area contributed by atoms with Gasteiger partial charge >= 0.3 is 0 Å². The Morgan fingerprint density at radius 3 is 2.61 bits per heavy atom. The van der Waals surface area contributed by atoms with E-state index in [1.54, 1.807) is 6.20 Å². The summed E-state index contributed by atoms with van der Waals surface area (Å²) >= 11 is 1.36. The van der Waals surface area contributed by atoms with E-state index in [0.29, 0.717) is 28.7 Å². The van der Waals surface area contributed by atoms with Crippen molar-refractivity contribution in [2.45, 2.75) is 26.1 Å². The molecule has 2 saturated heterocycles. The van der Waals surface area contributed by atoms with E-state index in [-0.39, 0.29) is 18.1 Å². The first kappa shape index (κ1) is 20.4. The molecule has 2 aromatic heterocycles. The van der Waals surface area contributed by atoms with E-state index in [1.807, 2.05) is 30.9 Å². The largest absolute Gasteiger partial charge is 0.372 e. The van der Waals surface area contributed by atoms with E-state index in [2.05, 4.69) is 33.1 Å². The number of anilines is 1. The number of likely N-dealkylation sites (N-methyl/N-ethyl adjacent to an activating group) is 1. The second-order valence-electron chi connectivity index (χ2n) is 8.50. The molecular formula is C22H27N5O3S. The molecule has 3 aromatic rings. The molecule has 0 unspecified atom stereocenters. The van der Waals surface area contributed by atoms with Crippen molar-refractivity contribution in [2.24, 2.45) is 0 Å². The Balaban J connectivity index is 1.37. The molecule has 0 spiro atoms. The first-order valence-corrected chi connectivity index (χ1v) is 11.5. The van der Waals surface area contributed by atoms with Gasteiger partial charge in [0.15, 0.2) is 5.58 Å². The number of fused-ring (bicyclic) bond motifs is 1. The summed E-state index contributed by atoms with van der Waals surface area (Å²) in [5, 5.41) is 5.89. The summed E-state index contributed by atoms with van der Waals surface area (Å²) in [6.45, 7) is 9.28. The maximum Gasteiger partial charge on any atom is 0.265 e. The van der Waals surface area contributed by atoms with Crippen LogP contribution >= 0.6 is 11.3 Å². The third-order valence-electron chi connectivity index (χ3n) is 5.95. The summed E-state index contributed by atoms with van der Waals surface area (Å²) in [6, 6.07) is 6.21. The normalized spacial score (nSPS) is 22.9. The molecule has 0 saturated carbocycles. The highest BCUT2D eigenvalue weighted by Crippen LogP contribution is 2.33. The summed E-state index contributed by atoms with van der Waals surface area (Å²) < 4.78 is 11.4. The molecule has 2 aliphatic heterocycles. The van der Waals surface area contributed by atoms with Crippen LogP contribution in [0.4, 0.5) is 5.69 Å². The summed E-state index contributed by atoms with van der Waals surface area (Å²) in [5.41, 5.74) is 2.58. The Labute approximate surface area is 185 Å². The highest BCUT2D eigenvalue weighted by Gasteiger charge is 2.28. The third kappa shape index (κ3) is 4.05. The average Bonchev–Trinajstić information content (AvgIpc) is 3.39. The number of nitrogens with zero attached hydrogens (tertiary/aromatic N) is 5. The SMILES string of the molecule is C[C@@H]1CN(C(=O)c2cnc(-c3noc4cc(N5CCN(C)CC5)ccc34)s2)C[C@H](C)O1. The number of aromatic nitrogens is 2. The summed E-state index contributed by atoms with van der Waals surface area (Å²) in [6.07, 6.45) is 1.72. The van der Waals surface area contributed by atoms with Gasteiger partial charge in [0.05, 0.1) is 23.8 Å². The molecule has 8 nitrogen and oxygen atoms in total. The summed E-state index contributed by atoms with van der Waals surface area (Å²) in [7, 11) is 2.15. The molecule has 164 valence electrons. The van der Waals surface area contributed by atoms with Gasteiger partial charge in [-0.15, -0.1) is 11.3 Å². The lowest BCUT2D eigenvalue weighted by Crippen LogP contribution is -2.48. The quantitative estimate of drug-likeness (QED) is 0.619. The van der Waals surface area contributed by atoms with Gasteiger partial charge < -0.3 is 24.0 Å². The first-order chi connectivity index (χ1) is 15.0. The molecule has 9 heteroatoms. The summed E-state index contributed by atoms with van der Waals surface area (Å²) in [5.74, 6) is -0.00379. The highest BCUT2D eigenvalue weighted by molar-refractivity contribution is 7.17. The lowest BCUT2D eigenvalue weighted by atomic mass is 10.1. The predicted octanol–water partition coefficient (Wildman–Crippen LogP) is 2.95. The molecule has 0 aliphatic carbocycles. The van der Waals surface area contributed by atoms with Crippen LogP contribution in [0.25, 0.3) is 21.7 Å². The summed E-state index contributed by atoms with van der Waals surface area (Å²) in [4.78, 5) is 24.6. The fourth-order valence-corrected chi connectivity index (χ4v) is 5.20. The van der Waals surface area contributed by atoms with Gasteiger partial charge in [-0.2, -0.15) is 0 Å². The fourth-order valence-electron chi connectivity index (χ4n) is 4.32. The Morgan fingerprint density at radius 1 is 1.13 bits per heavy atom. The number of morpholine rings is 1. The number of piperazine rings is 1. The van der Waals surface area contributed by atoms with Gasteiger partial charge in [-0.1, -0.05) is 5.16 Å². The van der Waals surface area contributed by atoms with Gasteiger partial charge in [0.1, 0.15) is 15.6 Å². The van der Waals surface area contributed by atoms with Crippen molar-refractivity contribution in [3.63, 3.8) is 0 Å². The van der Waals surface area contributed by atoms with Crippen molar-refractivity contribution >= 4 is 33.9 Å². The van der Waals surface area contributed by atoms with Gasteiger partial charge in [-0.25, -0.2) is 4.98 Å². The Bertz CT molecular complexity index is 1080. The number of hydrogen-bond acceptors (Lipinski definition) is 8. The number of thiazole rings is 1. The Kier molecular flexibility index (Phi) is 5.41. The molecule has 31 heavy (non-hydrogen) atoms. The third-order valence-corrected chi connectivity index (χ3v) is 6.94. The maximum absolute atomic E-state index is 13.0. The lowest BCUT2D eigenvalue weighted by molar-refractivity contribution is -0.0585. The van der Waals surface area contributed by atoms with E-state index in [9.17, 15) is 4.79 Å². The van der Waals surface area contributed by atoms with Crippen molar-refractivity contribution in [2.75, 3.05) is 51.2 Å². The van der Waals surface area contributed by atoms with Crippen molar-refractivity contribution in [1.29, 1.82) is 0 Å². The molecule has 1 amide bonds. The Hall–Kier alpha value is -2.49. The van der Waals surface area contributed by atoms with Crippen LogP contribution in [0.1, 0.15) is 23.5 Å². The van der Waals surface area contributed by atoms with Crippen LogP contribution in [0.3, 0.4) is 0 Å². The Morgan fingerprint density at radius 2 is 1.87 bits per heavy atom. The molecule has 0 bridgehead atoms. The average molecular weight is 442 g/mol. The minimum absolute atomic E-state index is 0.00379. The van der Waals surface area contributed by atoms with Crippen LogP contribution in [0.5, 0.6) is 0 Å². The van der Waals surface area contributed by atoms with Crippen molar-refractivity contribution in [3.8, 4) is 10.7 Å². The van der Waals surface area contributed by atoms with E-state index in [4.69, 9.17) is 9.26 Å². The number of ether oxygens (including phenoxy) is 1. The van der Waals surface area contributed by atoms with Crippen LogP contribution in [-0.4, -0.2) is 84.4 Å². The minimum atomic E-state index is -0.00379. The van der Waals surface area contributed by atoms with E-state index < -0.39 is 0 Å². The second kappa shape index (κ2) is 8.22. The van der Waals surface area contributed by atoms with Crippen LogP contribution in [0.15, 0.2) is 28.9 Å². The van der Waals surface area contributed by atoms with E-state index in [0.717, 1.165) is 42.8 Å². The van der Waals surface area contributed by atoms with Gasteiger partial charge in [0, 0.05) is 51.0 Å². The second-order valence-corrected chi connectivity index (χ2v) is 9.53. The zero-order valence-corrected chi connectivity index (χ0v) is 18.9. The van der Waals surface area contributed by atoms with Crippen LogP contribution < -0.4 is 4.90 Å². The topological polar surface area (TPSA) is 74.9 Å². The van der Waals surface area contributed by atoms with Crippen molar-refractivity contribution in [1.82, 2.24) is 19.9 Å². The zero-order valence-electron chi connectivity index (χ0n) is 18.1. The number of hydrogen-bond donors (Lipinski definition) is 0. The van der Waals surface area contributed by atoms with Gasteiger partial charge in [-0.05, 0) is 33.0 Å². The first-order valence-electron chi connectivity index (χ1n) is 10.7. The molecule has 2 atom stereocenters. The monoisotopic (exact) mass is 441 g/mol. The number of carbonyl (C=O) groups excluding carboxylic acids is 1. The highest BCUT2D eigenvalue weighted by atomic mass is 32.1. The molecule has 0 radical (unpaired) electrons. The zero-order chi connectivity index (χ0) is 21.5. The standard InChI is InChI=1S/C22H27N5O3S/c1-14-12-27(13-15(2)29-14)22(28)19-11-23-21(31-19)20-17-5-4-16(10-18(17)30-24-20)26-8-6-25(3)7-9-26/h4-5,10-11,14-15H,6-9,12-13H2,1-3H3/t14-,15+. The fraction of sp³-hybridized carbons (Fsp3) is 0.500. The van der Waals surface area contributed by atoms with Gasteiger partial charge in [0.2, 0.25) is 0 Å². The lowest BCUT2D eigenvalue weighted by Gasteiger charge is -2.34. The number of rotatable bonds is 3. The van der Waals surface area contributed by atoms with Crippen molar-refractivity contribution < 1.29 is 14.1 Å². The number of carbonyl (C=O) groups is 1. The molecule has 2 fully saturated rings. The molecule has 1 aromatic carbocycles. The molecule has 0 N–H and O–H groups in total. The molecule has 2 aliphatic rings. The van der Waals surface area contributed by atoms with Gasteiger partial charge in [0.25, 0.3) is 5.91 Å². The number of benzene rings is 1. The van der Waals surface area contributed by atoms with E-state index in [1.165, 1.54) is 11.3 Å². The van der Waals surface area contributed by atoms with E-state index >= 15 is 0 Å². The number of amides is 1. The van der Waals surface area contributed by atoms with Crippen LogP contribution in [0.2, 0.25) is 0 Å². The van der Waals surface area contributed by atoms with Crippen LogP contribution in [0, 0.1) is 0 Å². The minimum Gasteiger partial charge on any atom is -0.372 e. The van der Waals surface area contributed by atoms with Crippen molar-refractivity contribution in [3.05, 3.63) is 29.3 Å². The molecule has 4 heterocycles. The molecular weight excluding hydrogens is 414 g/mol. The van der Waals surface area contributed by atoms with Gasteiger partial charge in [-0.3, -0.25) is 4.79 Å². The predicted molar refractivity (Wildman–Crippen MR) is 121 cm³/mol. The molecule has 5 rings (SSSR count). The van der Waals surface area contributed by atoms with Crippen LogP contribution in [-0.2, 0) is 4.74 Å². The maximum atomic E-state index is 13.0. The smallest absolute Gasteiger partial charge is 0.265 e.